The van der Waals surface area contributed by atoms with E-state index in [1.807, 2.05) is 37.2 Å². The number of aromatic nitrogens is 1. The number of carbonyl (C=O) groups excluding carboxylic acids is 1. The van der Waals surface area contributed by atoms with Crippen molar-refractivity contribution < 1.29 is 9.53 Å². The van der Waals surface area contributed by atoms with Crippen molar-refractivity contribution in [2.75, 3.05) is 31.4 Å². The van der Waals surface area contributed by atoms with Gasteiger partial charge in [-0.05, 0) is 24.3 Å². The first-order chi connectivity index (χ1) is 9.61. The second kappa shape index (κ2) is 6.06. The molecule has 1 aromatic heterocycles. The van der Waals surface area contributed by atoms with Gasteiger partial charge in [-0.2, -0.15) is 0 Å². The van der Waals surface area contributed by atoms with E-state index in [-0.39, 0.29) is 5.91 Å². The van der Waals surface area contributed by atoms with Gasteiger partial charge in [0.2, 0.25) is 0 Å². The van der Waals surface area contributed by atoms with Crippen molar-refractivity contribution in [3.63, 3.8) is 0 Å². The number of pyridine rings is 1. The lowest BCUT2D eigenvalue weighted by Gasteiger charge is -2.12. The van der Waals surface area contributed by atoms with Crippen molar-refractivity contribution in [2.24, 2.45) is 0 Å². The highest BCUT2D eigenvalue weighted by Gasteiger charge is 2.11. The third kappa shape index (κ3) is 3.06. The van der Waals surface area contributed by atoms with Gasteiger partial charge in [-0.1, -0.05) is 12.1 Å². The fourth-order valence-electron chi connectivity index (χ4n) is 1.76. The third-order valence-corrected chi connectivity index (χ3v) is 2.82. The van der Waals surface area contributed by atoms with Gasteiger partial charge >= 0.3 is 0 Å². The average molecular weight is 271 g/mol. The summed E-state index contributed by atoms with van der Waals surface area (Å²) in [6, 6.07) is 10.7. The Labute approximate surface area is 118 Å². The number of anilines is 2. The number of nitrogens with one attached hydrogen (secondary N) is 1. The van der Waals surface area contributed by atoms with Crippen LogP contribution in [0.3, 0.4) is 0 Å². The molecule has 1 aromatic carbocycles. The highest BCUT2D eigenvalue weighted by molar-refractivity contribution is 6.06. The largest absolute Gasteiger partial charge is 0.496 e. The average Bonchev–Trinajstić information content (AvgIpc) is 2.47. The minimum atomic E-state index is -0.221. The Hall–Kier alpha value is -2.56. The maximum absolute atomic E-state index is 12.2. The fraction of sp³-hybridized carbons (Fsp3) is 0.200. The summed E-state index contributed by atoms with van der Waals surface area (Å²) in [5.74, 6) is 1.16. The summed E-state index contributed by atoms with van der Waals surface area (Å²) in [5.41, 5.74) is 1.14. The molecule has 0 atom stereocenters. The van der Waals surface area contributed by atoms with Gasteiger partial charge < -0.3 is 15.0 Å². The fourth-order valence-corrected chi connectivity index (χ4v) is 1.76. The molecule has 0 aliphatic rings. The van der Waals surface area contributed by atoms with E-state index in [0.29, 0.717) is 17.0 Å². The second-order valence-electron chi connectivity index (χ2n) is 4.45. The summed E-state index contributed by atoms with van der Waals surface area (Å²) < 4.78 is 5.17. The highest BCUT2D eigenvalue weighted by Crippen LogP contribution is 2.19. The predicted molar refractivity (Wildman–Crippen MR) is 79.5 cm³/mol. The van der Waals surface area contributed by atoms with Crippen molar-refractivity contribution in [2.45, 2.75) is 0 Å². The summed E-state index contributed by atoms with van der Waals surface area (Å²) in [4.78, 5) is 18.3. The van der Waals surface area contributed by atoms with Crippen molar-refractivity contribution >= 4 is 17.4 Å². The van der Waals surface area contributed by atoms with Crippen molar-refractivity contribution in [3.05, 3.63) is 48.2 Å². The van der Waals surface area contributed by atoms with E-state index in [2.05, 4.69) is 10.3 Å². The predicted octanol–water partition coefficient (Wildman–Crippen LogP) is 2.41. The monoisotopic (exact) mass is 271 g/mol. The van der Waals surface area contributed by atoms with Crippen LogP contribution in [0.25, 0.3) is 0 Å². The molecule has 0 aliphatic carbocycles. The molecular formula is C15H17N3O2. The summed E-state index contributed by atoms with van der Waals surface area (Å²) in [6.07, 6.45) is 1.63. The van der Waals surface area contributed by atoms with Crippen LogP contribution in [0.4, 0.5) is 11.5 Å². The molecule has 0 bridgehead atoms. The van der Waals surface area contributed by atoms with E-state index in [4.69, 9.17) is 4.74 Å². The molecular weight excluding hydrogens is 254 g/mol. The number of hydrogen-bond acceptors (Lipinski definition) is 4. The Kier molecular flexibility index (Phi) is 4.20. The first kappa shape index (κ1) is 13.9. The maximum atomic E-state index is 12.2. The zero-order valence-corrected chi connectivity index (χ0v) is 11.8. The zero-order valence-electron chi connectivity index (χ0n) is 11.8. The van der Waals surface area contributed by atoms with Crippen LogP contribution >= 0.6 is 0 Å². The molecule has 0 radical (unpaired) electrons. The number of nitrogens with zero attached hydrogens (tertiary/aromatic N) is 2. The molecule has 20 heavy (non-hydrogen) atoms. The first-order valence-corrected chi connectivity index (χ1v) is 6.19. The lowest BCUT2D eigenvalue weighted by Crippen LogP contribution is -2.14. The van der Waals surface area contributed by atoms with Gasteiger partial charge in [0.25, 0.3) is 5.91 Å². The standard InChI is InChI=1S/C15H17N3O2/c1-18(2)14-9-8-11(10-16-14)17-15(19)12-6-4-5-7-13(12)20-3/h4-10H,1-3H3,(H,17,19). The Morgan fingerprint density at radius 1 is 1.20 bits per heavy atom. The molecule has 2 rings (SSSR count). The van der Waals surface area contributed by atoms with Crippen LogP contribution in [-0.4, -0.2) is 32.1 Å². The highest BCUT2D eigenvalue weighted by atomic mass is 16.5. The lowest BCUT2D eigenvalue weighted by atomic mass is 10.2. The van der Waals surface area contributed by atoms with E-state index in [1.165, 1.54) is 0 Å². The smallest absolute Gasteiger partial charge is 0.259 e. The van der Waals surface area contributed by atoms with Crippen molar-refractivity contribution in [3.8, 4) is 5.75 Å². The minimum Gasteiger partial charge on any atom is -0.496 e. The maximum Gasteiger partial charge on any atom is 0.259 e. The summed E-state index contributed by atoms with van der Waals surface area (Å²) >= 11 is 0. The number of rotatable bonds is 4. The minimum absolute atomic E-state index is 0.221. The number of ether oxygens (including phenoxy) is 1. The molecule has 1 amide bonds. The SMILES string of the molecule is COc1ccccc1C(=O)Nc1ccc(N(C)C)nc1. The van der Waals surface area contributed by atoms with Crippen LogP contribution in [0, 0.1) is 0 Å². The van der Waals surface area contributed by atoms with Crippen LogP contribution in [-0.2, 0) is 0 Å². The van der Waals surface area contributed by atoms with Crippen LogP contribution in [0.2, 0.25) is 0 Å². The molecule has 0 saturated heterocycles. The summed E-state index contributed by atoms with van der Waals surface area (Å²) in [6.45, 7) is 0. The number of carbonyl (C=O) groups is 1. The molecule has 0 saturated carbocycles. The van der Waals surface area contributed by atoms with E-state index in [1.54, 1.807) is 31.5 Å². The van der Waals surface area contributed by atoms with E-state index >= 15 is 0 Å². The Balaban J connectivity index is 2.15. The molecule has 104 valence electrons. The van der Waals surface area contributed by atoms with Crippen molar-refractivity contribution in [1.82, 2.24) is 4.98 Å². The molecule has 2 aromatic rings. The number of amides is 1. The second-order valence-corrected chi connectivity index (χ2v) is 4.45. The topological polar surface area (TPSA) is 54.5 Å². The van der Waals surface area contributed by atoms with Gasteiger partial charge in [-0.25, -0.2) is 4.98 Å². The van der Waals surface area contributed by atoms with E-state index in [0.717, 1.165) is 5.82 Å². The number of hydrogen-bond donors (Lipinski definition) is 1. The third-order valence-electron chi connectivity index (χ3n) is 2.82. The van der Waals surface area contributed by atoms with Gasteiger partial charge in [0.15, 0.2) is 0 Å². The van der Waals surface area contributed by atoms with Gasteiger partial charge in [-0.15, -0.1) is 0 Å². The normalized spacial score (nSPS) is 9.95. The van der Waals surface area contributed by atoms with Crippen molar-refractivity contribution in [1.29, 1.82) is 0 Å². The number of methoxy groups -OCH3 is 1. The first-order valence-electron chi connectivity index (χ1n) is 6.19. The van der Waals surface area contributed by atoms with Gasteiger partial charge in [0.05, 0.1) is 24.6 Å². The van der Waals surface area contributed by atoms with Gasteiger partial charge in [-0.3, -0.25) is 4.79 Å². The molecule has 5 heteroatoms. The Morgan fingerprint density at radius 2 is 1.95 bits per heavy atom. The quantitative estimate of drug-likeness (QED) is 0.927. The molecule has 0 fully saturated rings. The Morgan fingerprint density at radius 3 is 2.55 bits per heavy atom. The number of para-hydroxylation sites is 1. The molecule has 1 heterocycles. The number of benzene rings is 1. The molecule has 0 aliphatic heterocycles. The van der Waals surface area contributed by atoms with Crippen LogP contribution in [0.1, 0.15) is 10.4 Å². The molecule has 5 nitrogen and oxygen atoms in total. The molecule has 0 spiro atoms. The Bertz CT molecular complexity index is 594. The summed E-state index contributed by atoms with van der Waals surface area (Å²) in [5, 5.41) is 2.80. The van der Waals surface area contributed by atoms with E-state index in [9.17, 15) is 4.79 Å². The van der Waals surface area contributed by atoms with Crippen LogP contribution in [0.5, 0.6) is 5.75 Å². The zero-order chi connectivity index (χ0) is 14.5. The molecule has 0 unspecified atom stereocenters. The molecule has 1 N–H and O–H groups in total. The van der Waals surface area contributed by atoms with Gasteiger partial charge in [0, 0.05) is 14.1 Å². The van der Waals surface area contributed by atoms with Crippen LogP contribution in [0.15, 0.2) is 42.6 Å². The lowest BCUT2D eigenvalue weighted by molar-refractivity contribution is 0.102. The van der Waals surface area contributed by atoms with Crippen LogP contribution < -0.4 is 15.0 Å². The summed E-state index contributed by atoms with van der Waals surface area (Å²) in [7, 11) is 5.37. The van der Waals surface area contributed by atoms with E-state index < -0.39 is 0 Å². The van der Waals surface area contributed by atoms with Gasteiger partial charge in [0.1, 0.15) is 11.6 Å².